The molecule has 0 saturated heterocycles. The van der Waals surface area contributed by atoms with E-state index in [1.165, 1.54) is 5.57 Å². The largest absolute Gasteiger partial charge is 0.508 e. The highest BCUT2D eigenvalue weighted by molar-refractivity contribution is 5.90. The van der Waals surface area contributed by atoms with Crippen LogP contribution >= 0.6 is 0 Å². The number of phenolic OH excluding ortho intramolecular Hbond substituents is 2. The van der Waals surface area contributed by atoms with E-state index < -0.39 is 0 Å². The number of aryl methyl sites for hydroxylation is 1. The highest BCUT2D eigenvalue weighted by Crippen LogP contribution is 2.59. The minimum Gasteiger partial charge on any atom is -0.508 e. The van der Waals surface area contributed by atoms with E-state index in [9.17, 15) is 25.2 Å². The monoisotopic (exact) mass is 805 g/mol. The summed E-state index contributed by atoms with van der Waals surface area (Å²) in [6.07, 6.45) is 16.9. The quantitative estimate of drug-likeness (QED) is 0.0411. The number of nitrogens with zero attached hydrogens (tertiary/aromatic N) is 1. The standard InChI is InChI=1S/C49H63N3O7/c1-29-19-41(30-10-7-12-36(55)22-30)42-24-33-21-35(52-49(50)51)11-8-16-40-31(17-18-37(56)23-34(27-54)39-15-6-3-9-32(39)26-53)25-45(59-38-13-4-5-14-38)48(57)47(40)46(43(42)20-29)44(33)28-58-2/h3,7,9-10,12,22-25,29,32-33,35,38-39,41,43-44,46,53-55,57H,4-6,11,13-15,17-21,26-28H2,1-2H3,(H4,50,51,52)/b34-23+/t29-,32-,33+,35+,39+,41-,43-,44+,46+/m1/s1. The molecule has 2 bridgehead atoms. The van der Waals surface area contributed by atoms with Crippen molar-refractivity contribution in [2.24, 2.45) is 52.0 Å². The van der Waals surface area contributed by atoms with E-state index in [1.54, 1.807) is 19.3 Å². The molecule has 0 aromatic heterocycles. The lowest BCUT2D eigenvalue weighted by atomic mass is 9.55. The number of hydrogen-bond acceptors (Lipinski definition) is 8. The Labute approximate surface area is 349 Å². The number of allylic oxidation sites excluding steroid dienone is 4. The van der Waals surface area contributed by atoms with E-state index in [2.05, 4.69) is 35.9 Å². The number of carbonyl (C=O) groups excluding carboxylic acids is 1. The van der Waals surface area contributed by atoms with E-state index in [4.69, 9.17) is 20.9 Å². The van der Waals surface area contributed by atoms with Gasteiger partial charge < -0.3 is 41.4 Å². The molecule has 0 spiro atoms. The van der Waals surface area contributed by atoms with Crippen molar-refractivity contribution in [2.45, 2.75) is 108 Å². The van der Waals surface area contributed by atoms with Crippen LogP contribution in [0.1, 0.15) is 112 Å². The summed E-state index contributed by atoms with van der Waals surface area (Å²) in [5.74, 6) is 7.46. The van der Waals surface area contributed by atoms with Gasteiger partial charge in [-0.3, -0.25) is 4.79 Å². The zero-order valence-electron chi connectivity index (χ0n) is 34.7. The predicted octanol–water partition coefficient (Wildman–Crippen LogP) is 6.93. The molecule has 0 radical (unpaired) electrons. The van der Waals surface area contributed by atoms with Crippen molar-refractivity contribution in [3.05, 3.63) is 88.0 Å². The van der Waals surface area contributed by atoms with Crippen LogP contribution in [0.25, 0.3) is 0 Å². The molecule has 9 atom stereocenters. The summed E-state index contributed by atoms with van der Waals surface area (Å²) in [4.78, 5) is 18.5. The van der Waals surface area contributed by atoms with Crippen LogP contribution in [0.4, 0.5) is 0 Å². The lowest BCUT2D eigenvalue weighted by Crippen LogP contribution is -2.41. The van der Waals surface area contributed by atoms with Crippen molar-refractivity contribution in [3.8, 4) is 29.1 Å². The second-order valence-corrected chi connectivity index (χ2v) is 17.8. The van der Waals surface area contributed by atoms with Gasteiger partial charge in [0.05, 0.1) is 25.4 Å². The highest BCUT2D eigenvalue weighted by Gasteiger charge is 2.48. The molecule has 2 fully saturated rings. The first kappa shape index (κ1) is 42.6. The van der Waals surface area contributed by atoms with Crippen LogP contribution in [0.2, 0.25) is 0 Å². The van der Waals surface area contributed by atoms with Crippen molar-refractivity contribution in [2.75, 3.05) is 26.9 Å². The first-order valence-corrected chi connectivity index (χ1v) is 21.8. The number of benzene rings is 2. The van der Waals surface area contributed by atoms with Crippen LogP contribution in [0.3, 0.4) is 0 Å². The van der Waals surface area contributed by atoms with Gasteiger partial charge >= 0.3 is 0 Å². The first-order chi connectivity index (χ1) is 28.6. The number of ether oxygens (including phenoxy) is 2. The Kier molecular flexibility index (Phi) is 13.9. The lowest BCUT2D eigenvalue weighted by Gasteiger charge is -2.49. The Hall–Kier alpha value is -4.56. The van der Waals surface area contributed by atoms with Crippen molar-refractivity contribution in [1.82, 2.24) is 0 Å². The van der Waals surface area contributed by atoms with Crippen LogP contribution in [-0.2, 0) is 16.0 Å². The number of rotatable bonds is 13. The second kappa shape index (κ2) is 19.2. The van der Waals surface area contributed by atoms with Crippen LogP contribution < -0.4 is 16.2 Å². The molecule has 5 aliphatic carbocycles. The van der Waals surface area contributed by atoms with Gasteiger partial charge in [-0.1, -0.05) is 54.7 Å². The number of nitrogens with two attached hydrogens (primary N) is 2. The molecule has 316 valence electrons. The topological polar surface area (TPSA) is 181 Å². The summed E-state index contributed by atoms with van der Waals surface area (Å²) < 4.78 is 12.8. The van der Waals surface area contributed by atoms with Gasteiger partial charge in [-0.05, 0) is 135 Å². The van der Waals surface area contributed by atoms with Crippen LogP contribution in [-0.4, -0.2) is 71.2 Å². The molecule has 10 nitrogen and oxygen atoms in total. The van der Waals surface area contributed by atoms with Crippen molar-refractivity contribution >= 4 is 11.7 Å². The number of ketones is 1. The minimum absolute atomic E-state index is 0.00924. The van der Waals surface area contributed by atoms with E-state index in [1.807, 2.05) is 30.4 Å². The van der Waals surface area contributed by atoms with Crippen molar-refractivity contribution in [1.29, 1.82) is 0 Å². The summed E-state index contributed by atoms with van der Waals surface area (Å²) in [5, 5.41) is 43.8. The molecule has 2 saturated carbocycles. The molecule has 10 heteroatoms. The lowest BCUT2D eigenvalue weighted by molar-refractivity contribution is -0.114. The Bertz CT molecular complexity index is 2020. The van der Waals surface area contributed by atoms with E-state index in [-0.39, 0.29) is 96.4 Å². The Morgan fingerprint density at radius 3 is 2.61 bits per heavy atom. The molecule has 0 aliphatic heterocycles. The summed E-state index contributed by atoms with van der Waals surface area (Å²) in [7, 11) is 1.73. The van der Waals surface area contributed by atoms with E-state index in [0.29, 0.717) is 48.7 Å². The predicted molar refractivity (Wildman–Crippen MR) is 230 cm³/mol. The number of aromatic hydroxyl groups is 2. The third-order valence-corrected chi connectivity index (χ3v) is 13.7. The Balaban J connectivity index is 1.39. The minimum atomic E-state index is -0.280. The number of aliphatic imine (C=N–C) groups is 1. The molecule has 8 N–H and O–H groups in total. The zero-order valence-corrected chi connectivity index (χ0v) is 34.7. The molecule has 0 unspecified atom stereocenters. The smallest absolute Gasteiger partial charge is 0.186 e. The van der Waals surface area contributed by atoms with Crippen LogP contribution in [0.15, 0.2) is 70.8 Å². The van der Waals surface area contributed by atoms with Gasteiger partial charge in [0.1, 0.15) is 5.75 Å². The summed E-state index contributed by atoms with van der Waals surface area (Å²) in [6, 6.07) is 9.21. The maximum Gasteiger partial charge on any atom is 0.186 e. The van der Waals surface area contributed by atoms with Gasteiger partial charge in [-0.25, -0.2) is 4.99 Å². The average molecular weight is 806 g/mol. The fourth-order valence-corrected chi connectivity index (χ4v) is 11.1. The number of aliphatic hydroxyl groups is 2. The summed E-state index contributed by atoms with van der Waals surface area (Å²) in [6.45, 7) is 2.43. The molecule has 0 amide bonds. The Morgan fingerprint density at radius 1 is 1.07 bits per heavy atom. The number of phenols is 2. The third kappa shape index (κ3) is 9.59. The normalized spacial score (nSPS) is 29.3. The van der Waals surface area contributed by atoms with E-state index >= 15 is 0 Å². The molecule has 59 heavy (non-hydrogen) atoms. The fraction of sp³-hybridized carbons (Fsp3) is 0.551. The van der Waals surface area contributed by atoms with Gasteiger partial charge in [-0.2, -0.15) is 0 Å². The number of carbonyl (C=O) groups is 1. The highest BCUT2D eigenvalue weighted by atomic mass is 16.5. The average Bonchev–Trinajstić information content (AvgIpc) is 3.73. The second-order valence-electron chi connectivity index (χ2n) is 17.8. The summed E-state index contributed by atoms with van der Waals surface area (Å²) in [5.41, 5.74) is 17.3. The maximum atomic E-state index is 13.9. The number of aliphatic hydroxyl groups excluding tert-OH is 2. The molecule has 7 rings (SSSR count). The molecule has 2 aromatic carbocycles. The van der Waals surface area contributed by atoms with Gasteiger partial charge in [-0.15, -0.1) is 0 Å². The fourth-order valence-electron chi connectivity index (χ4n) is 11.1. The molecule has 0 heterocycles. The molecule has 5 aliphatic rings. The number of hydrogen-bond donors (Lipinski definition) is 6. The van der Waals surface area contributed by atoms with Gasteiger partial charge in [0, 0.05) is 55.4 Å². The number of guanidine groups is 1. The maximum absolute atomic E-state index is 13.9. The summed E-state index contributed by atoms with van der Waals surface area (Å²) >= 11 is 0. The van der Waals surface area contributed by atoms with Gasteiger partial charge in [0.15, 0.2) is 23.2 Å². The van der Waals surface area contributed by atoms with E-state index in [0.717, 1.165) is 68.1 Å². The van der Waals surface area contributed by atoms with Gasteiger partial charge in [0.25, 0.3) is 0 Å². The van der Waals surface area contributed by atoms with Crippen LogP contribution in [0.5, 0.6) is 17.2 Å². The van der Waals surface area contributed by atoms with Crippen LogP contribution in [0, 0.1) is 47.3 Å². The van der Waals surface area contributed by atoms with Crippen molar-refractivity contribution < 1.29 is 34.7 Å². The number of methoxy groups -OCH3 is 1. The van der Waals surface area contributed by atoms with Crippen molar-refractivity contribution in [3.63, 3.8) is 0 Å². The Morgan fingerprint density at radius 2 is 1.88 bits per heavy atom. The zero-order chi connectivity index (χ0) is 41.6. The number of fused-ring (bicyclic) bond motifs is 6. The SMILES string of the molecule is COC[C@@H]1[C@H]2c3c(O)c(OC4CCCC4)cc(CCC(=O)/C=C(\CO)[C@H]4CCC=C[C@@H]4CO)c3C#CC[C@H](N=C(N)N)C[C@H]1C=C1[C@H]2C[C@H](C)C[C@@H]1c1cccc(O)c1. The molecule has 2 aromatic rings. The van der Waals surface area contributed by atoms with Gasteiger partial charge in [0.2, 0.25) is 0 Å². The molecular weight excluding hydrogens is 743 g/mol. The first-order valence-electron chi connectivity index (χ1n) is 21.8. The molecular formula is C49H63N3O7. The third-order valence-electron chi connectivity index (χ3n) is 13.7.